The first-order chi connectivity index (χ1) is 11.5. The minimum absolute atomic E-state index is 0.258. The molecule has 1 amide bonds. The molecule has 1 rings (SSSR count). The number of hydroxylamine groups is 1. The SMILES string of the molecule is CC(C)=CCCC(C)=CC=O.CCC(C(=O)NO)c1ccccc1. The summed E-state index contributed by atoms with van der Waals surface area (Å²) in [6.07, 6.45) is 7.36. The first-order valence-electron chi connectivity index (χ1n) is 8.19. The van der Waals surface area contributed by atoms with Crippen LogP contribution in [0.1, 0.15) is 58.4 Å². The summed E-state index contributed by atoms with van der Waals surface area (Å²) in [6.45, 7) is 8.05. The Morgan fingerprint density at radius 3 is 2.29 bits per heavy atom. The molecule has 1 aromatic rings. The molecule has 0 saturated heterocycles. The lowest BCUT2D eigenvalue weighted by Gasteiger charge is -2.11. The zero-order chi connectivity index (χ0) is 18.4. The van der Waals surface area contributed by atoms with Gasteiger partial charge < -0.3 is 0 Å². The van der Waals surface area contributed by atoms with Crippen LogP contribution in [-0.4, -0.2) is 17.4 Å². The Morgan fingerprint density at radius 1 is 1.21 bits per heavy atom. The highest BCUT2D eigenvalue weighted by atomic mass is 16.5. The number of carbonyl (C=O) groups excluding carboxylic acids is 2. The average molecular weight is 331 g/mol. The molecule has 4 heteroatoms. The Kier molecular flexibility index (Phi) is 12.0. The van der Waals surface area contributed by atoms with Gasteiger partial charge in [-0.05, 0) is 51.7 Å². The molecule has 0 fully saturated rings. The fraction of sp³-hybridized carbons (Fsp3) is 0.400. The molecule has 0 aliphatic rings. The van der Waals surface area contributed by atoms with E-state index in [1.165, 1.54) is 5.57 Å². The lowest BCUT2D eigenvalue weighted by Crippen LogP contribution is -2.25. The highest BCUT2D eigenvalue weighted by Crippen LogP contribution is 2.18. The molecule has 0 radical (unpaired) electrons. The summed E-state index contributed by atoms with van der Waals surface area (Å²) >= 11 is 0. The van der Waals surface area contributed by atoms with Crippen LogP contribution in [0.25, 0.3) is 0 Å². The van der Waals surface area contributed by atoms with Crippen LogP contribution in [0.2, 0.25) is 0 Å². The van der Waals surface area contributed by atoms with Crippen molar-refractivity contribution in [2.24, 2.45) is 0 Å². The second-order valence-electron chi connectivity index (χ2n) is 5.82. The van der Waals surface area contributed by atoms with E-state index in [0.29, 0.717) is 6.42 Å². The van der Waals surface area contributed by atoms with Gasteiger partial charge in [0.25, 0.3) is 5.91 Å². The van der Waals surface area contributed by atoms with Gasteiger partial charge in [-0.1, -0.05) is 54.5 Å². The Bertz CT molecular complexity index is 543. The number of rotatable bonds is 7. The maximum atomic E-state index is 11.2. The average Bonchev–Trinajstić information content (AvgIpc) is 2.57. The Hall–Kier alpha value is -2.20. The van der Waals surface area contributed by atoms with Gasteiger partial charge >= 0.3 is 0 Å². The Balaban J connectivity index is 0.000000449. The fourth-order valence-electron chi connectivity index (χ4n) is 2.12. The maximum absolute atomic E-state index is 11.2. The molecule has 0 aliphatic heterocycles. The molecule has 0 aromatic heterocycles. The number of hydrogen-bond acceptors (Lipinski definition) is 3. The maximum Gasteiger partial charge on any atom is 0.250 e. The number of amides is 1. The zero-order valence-corrected chi connectivity index (χ0v) is 15.1. The van der Waals surface area contributed by atoms with E-state index in [-0.39, 0.29) is 11.8 Å². The first-order valence-corrected chi connectivity index (χ1v) is 8.19. The summed E-state index contributed by atoms with van der Waals surface area (Å²) in [5, 5.41) is 8.50. The van der Waals surface area contributed by atoms with Gasteiger partial charge in [0.1, 0.15) is 6.29 Å². The van der Waals surface area contributed by atoms with E-state index >= 15 is 0 Å². The molecule has 0 heterocycles. The van der Waals surface area contributed by atoms with Crippen LogP contribution < -0.4 is 5.48 Å². The molecule has 132 valence electrons. The molecule has 24 heavy (non-hydrogen) atoms. The van der Waals surface area contributed by atoms with Gasteiger partial charge in [0.15, 0.2) is 0 Å². The van der Waals surface area contributed by atoms with Crippen LogP contribution >= 0.6 is 0 Å². The van der Waals surface area contributed by atoms with E-state index < -0.39 is 0 Å². The van der Waals surface area contributed by atoms with Crippen molar-refractivity contribution in [3.63, 3.8) is 0 Å². The van der Waals surface area contributed by atoms with E-state index in [1.807, 2.05) is 44.2 Å². The molecular weight excluding hydrogens is 302 g/mol. The number of allylic oxidation sites excluding steroid dienone is 4. The molecule has 1 atom stereocenters. The summed E-state index contributed by atoms with van der Waals surface area (Å²) < 4.78 is 0. The number of aldehydes is 1. The van der Waals surface area contributed by atoms with Gasteiger partial charge in [-0.15, -0.1) is 0 Å². The van der Waals surface area contributed by atoms with Crippen LogP contribution in [0.4, 0.5) is 0 Å². The summed E-state index contributed by atoms with van der Waals surface area (Å²) in [6, 6.07) is 9.41. The van der Waals surface area contributed by atoms with Crippen molar-refractivity contribution in [3.05, 3.63) is 59.2 Å². The van der Waals surface area contributed by atoms with Crippen molar-refractivity contribution in [2.45, 2.75) is 52.9 Å². The molecule has 1 aromatic carbocycles. The van der Waals surface area contributed by atoms with E-state index in [4.69, 9.17) is 5.21 Å². The van der Waals surface area contributed by atoms with E-state index in [1.54, 1.807) is 11.6 Å². The van der Waals surface area contributed by atoms with Gasteiger partial charge in [0, 0.05) is 0 Å². The minimum atomic E-state index is -0.353. The summed E-state index contributed by atoms with van der Waals surface area (Å²) in [7, 11) is 0. The van der Waals surface area contributed by atoms with Crippen LogP contribution in [0.5, 0.6) is 0 Å². The second-order valence-corrected chi connectivity index (χ2v) is 5.82. The highest BCUT2D eigenvalue weighted by molar-refractivity contribution is 5.82. The molecule has 0 bridgehead atoms. The Morgan fingerprint density at radius 2 is 1.83 bits per heavy atom. The summed E-state index contributed by atoms with van der Waals surface area (Å²) in [4.78, 5) is 21.2. The van der Waals surface area contributed by atoms with Crippen molar-refractivity contribution in [1.29, 1.82) is 0 Å². The predicted molar refractivity (Wildman–Crippen MR) is 97.9 cm³/mol. The number of benzene rings is 1. The fourth-order valence-corrected chi connectivity index (χ4v) is 2.12. The van der Waals surface area contributed by atoms with E-state index in [0.717, 1.165) is 30.3 Å². The van der Waals surface area contributed by atoms with Gasteiger partial charge in [0.05, 0.1) is 5.92 Å². The van der Waals surface area contributed by atoms with Crippen LogP contribution in [0.15, 0.2) is 53.6 Å². The quantitative estimate of drug-likeness (QED) is 0.253. The van der Waals surface area contributed by atoms with Gasteiger partial charge in [-0.25, -0.2) is 5.48 Å². The van der Waals surface area contributed by atoms with Crippen LogP contribution in [0.3, 0.4) is 0 Å². The molecule has 0 spiro atoms. The van der Waals surface area contributed by atoms with Crippen molar-refractivity contribution >= 4 is 12.2 Å². The third kappa shape index (κ3) is 9.74. The highest BCUT2D eigenvalue weighted by Gasteiger charge is 2.16. The molecule has 4 nitrogen and oxygen atoms in total. The summed E-state index contributed by atoms with van der Waals surface area (Å²) in [5.74, 6) is -0.611. The molecule has 1 unspecified atom stereocenters. The number of hydrogen-bond donors (Lipinski definition) is 2. The first kappa shape index (κ1) is 21.8. The molecule has 0 aliphatic carbocycles. The van der Waals surface area contributed by atoms with E-state index in [2.05, 4.69) is 19.9 Å². The zero-order valence-electron chi connectivity index (χ0n) is 15.1. The predicted octanol–water partition coefficient (Wildman–Crippen LogP) is 4.56. The summed E-state index contributed by atoms with van der Waals surface area (Å²) in [5.41, 5.74) is 5.09. The molecule has 0 saturated carbocycles. The smallest absolute Gasteiger partial charge is 0.250 e. The molecule has 2 N–H and O–H groups in total. The van der Waals surface area contributed by atoms with Gasteiger partial charge in [-0.2, -0.15) is 0 Å². The third-order valence-electron chi connectivity index (χ3n) is 3.48. The number of nitrogens with one attached hydrogen (secondary N) is 1. The van der Waals surface area contributed by atoms with Crippen LogP contribution in [0, 0.1) is 0 Å². The third-order valence-corrected chi connectivity index (χ3v) is 3.48. The van der Waals surface area contributed by atoms with Gasteiger partial charge in [0.2, 0.25) is 0 Å². The van der Waals surface area contributed by atoms with Crippen molar-refractivity contribution in [3.8, 4) is 0 Å². The minimum Gasteiger partial charge on any atom is -0.299 e. The lowest BCUT2D eigenvalue weighted by molar-refractivity contribution is -0.130. The monoisotopic (exact) mass is 331 g/mol. The topological polar surface area (TPSA) is 66.4 Å². The van der Waals surface area contributed by atoms with E-state index in [9.17, 15) is 9.59 Å². The lowest BCUT2D eigenvalue weighted by atomic mass is 9.96. The van der Waals surface area contributed by atoms with Crippen molar-refractivity contribution < 1.29 is 14.8 Å². The van der Waals surface area contributed by atoms with Crippen LogP contribution in [-0.2, 0) is 9.59 Å². The normalized spacial score (nSPS) is 11.6. The Labute approximate surface area is 145 Å². The second kappa shape index (κ2) is 13.3. The number of carbonyl (C=O) groups is 2. The van der Waals surface area contributed by atoms with Crippen molar-refractivity contribution in [1.82, 2.24) is 5.48 Å². The van der Waals surface area contributed by atoms with Crippen molar-refractivity contribution in [2.75, 3.05) is 0 Å². The standard InChI is InChI=1S/C10H13NO2.C10H16O/c1-2-9(10(12)11-13)8-6-4-3-5-7-8;1-9(2)5-4-6-10(3)7-8-11/h3-7,9,13H,2H2,1H3,(H,11,12);5,7-8H,4,6H2,1-3H3. The van der Waals surface area contributed by atoms with Gasteiger partial charge in [-0.3, -0.25) is 14.8 Å². The largest absolute Gasteiger partial charge is 0.299 e. The molecular formula is C20H29NO3.